The maximum Gasteiger partial charge on any atom is 0.471 e. The lowest BCUT2D eigenvalue weighted by atomic mass is 10.1. The Labute approximate surface area is 270 Å². The second-order valence-electron chi connectivity index (χ2n) is 10.5. The number of aromatic nitrogens is 2. The van der Waals surface area contributed by atoms with Gasteiger partial charge in [-0.25, -0.2) is 26.6 Å². The van der Waals surface area contributed by atoms with Gasteiger partial charge in [-0.2, -0.15) is 13.2 Å². The molecule has 0 bridgehead atoms. The minimum atomic E-state index is -5.31. The van der Waals surface area contributed by atoms with E-state index in [1.54, 1.807) is 0 Å². The quantitative estimate of drug-likeness (QED) is 0.125. The van der Waals surface area contributed by atoms with Crippen LogP contribution in [0.15, 0.2) is 81.2 Å². The molecule has 0 aliphatic rings. The smallest absolute Gasteiger partial charge is 0.334 e. The van der Waals surface area contributed by atoms with Gasteiger partial charge >= 0.3 is 17.8 Å². The summed E-state index contributed by atoms with van der Waals surface area (Å²) in [6.07, 6.45) is -4.38. The van der Waals surface area contributed by atoms with E-state index in [9.17, 15) is 54.9 Å². The van der Waals surface area contributed by atoms with Gasteiger partial charge in [0.1, 0.15) is 16.5 Å². The lowest BCUT2D eigenvalue weighted by molar-refractivity contribution is -0.384. The highest BCUT2D eigenvalue weighted by Gasteiger charge is 2.41. The third-order valence-corrected chi connectivity index (χ3v) is 9.73. The molecule has 0 aliphatic heterocycles. The normalized spacial score (nSPS) is 12.0. The van der Waals surface area contributed by atoms with E-state index >= 15 is 0 Å². The van der Waals surface area contributed by atoms with Crippen LogP contribution in [0.3, 0.4) is 0 Å². The SMILES string of the molecule is CN(Cc1c(-c2ccc([N+](=O)[O-])cc2)sc2c1c(=O)n(-c1ccc(S(C)(=O)=O)cc1)c(=O)n2Cc1c(F)cccc1F)C(=O)C(F)(F)F. The van der Waals surface area contributed by atoms with Crippen LogP contribution >= 0.6 is 11.3 Å². The lowest BCUT2D eigenvalue weighted by Crippen LogP contribution is -2.40. The van der Waals surface area contributed by atoms with Crippen LogP contribution < -0.4 is 11.2 Å². The number of carbonyl (C=O) groups excluding carboxylic acids is 1. The van der Waals surface area contributed by atoms with Crippen LogP contribution in [0, 0.1) is 21.7 Å². The van der Waals surface area contributed by atoms with E-state index in [0.717, 1.165) is 72.5 Å². The van der Waals surface area contributed by atoms with Crippen molar-refractivity contribution >= 4 is 43.0 Å². The Bertz CT molecular complexity index is 2310. The van der Waals surface area contributed by atoms with Crippen molar-refractivity contribution in [2.75, 3.05) is 13.3 Å². The average Bonchev–Trinajstić information content (AvgIpc) is 3.38. The zero-order valence-electron chi connectivity index (χ0n) is 24.6. The fourth-order valence-corrected chi connectivity index (χ4v) is 6.90. The molecule has 0 aliphatic carbocycles. The van der Waals surface area contributed by atoms with Crippen molar-refractivity contribution in [3.05, 3.63) is 120 Å². The summed E-state index contributed by atoms with van der Waals surface area (Å²) in [7, 11) is -2.89. The van der Waals surface area contributed by atoms with Gasteiger partial charge in [0.25, 0.3) is 11.2 Å². The molecule has 11 nitrogen and oxygen atoms in total. The number of amides is 1. The van der Waals surface area contributed by atoms with Gasteiger partial charge in [-0.15, -0.1) is 11.3 Å². The van der Waals surface area contributed by atoms with Crippen LogP contribution in [-0.4, -0.2) is 52.8 Å². The highest BCUT2D eigenvalue weighted by atomic mass is 32.2. The second-order valence-corrected chi connectivity index (χ2v) is 13.5. The first-order valence-electron chi connectivity index (χ1n) is 13.5. The predicted octanol–water partition coefficient (Wildman–Crippen LogP) is 5.04. The molecule has 5 aromatic rings. The molecule has 0 spiro atoms. The number of fused-ring (bicyclic) bond motifs is 1. The van der Waals surface area contributed by atoms with Gasteiger partial charge in [0.05, 0.1) is 27.4 Å². The van der Waals surface area contributed by atoms with Gasteiger partial charge in [-0.05, 0) is 54.1 Å². The standard InChI is InChI=1S/C30H21F5N4O7S2/c1-36(28(41)30(33,34)35)14-21-24-26(40)38(17-10-12-19(13-11-17)48(2,45)46)29(42)37(15-20-22(31)4-3-5-23(20)32)27(24)47-25(21)16-6-8-18(9-7-16)39(43)44/h3-13H,14-15H2,1-2H3. The third kappa shape index (κ3) is 6.35. The predicted molar refractivity (Wildman–Crippen MR) is 165 cm³/mol. The largest absolute Gasteiger partial charge is 0.471 e. The van der Waals surface area contributed by atoms with Crippen LogP contribution in [0.5, 0.6) is 0 Å². The molecule has 48 heavy (non-hydrogen) atoms. The van der Waals surface area contributed by atoms with Crippen molar-refractivity contribution in [3.63, 3.8) is 0 Å². The Balaban J connectivity index is 1.89. The Morgan fingerprint density at radius 3 is 2.06 bits per heavy atom. The summed E-state index contributed by atoms with van der Waals surface area (Å²) in [4.78, 5) is 50.9. The number of thiophene rings is 1. The molecule has 0 N–H and O–H groups in total. The maximum absolute atomic E-state index is 14.9. The number of hydrogen-bond acceptors (Lipinski definition) is 8. The minimum absolute atomic E-state index is 0.0335. The summed E-state index contributed by atoms with van der Waals surface area (Å²) in [6.45, 7) is -1.65. The number of halogens is 5. The fraction of sp³-hybridized carbons (Fsp3) is 0.167. The zero-order valence-corrected chi connectivity index (χ0v) is 26.3. The number of benzene rings is 3. The molecular weight excluding hydrogens is 687 g/mol. The first-order valence-corrected chi connectivity index (χ1v) is 16.2. The summed E-state index contributed by atoms with van der Waals surface area (Å²) in [5.41, 5.74) is -3.38. The average molecular weight is 709 g/mol. The van der Waals surface area contributed by atoms with Crippen molar-refractivity contribution in [1.82, 2.24) is 14.0 Å². The Hall–Kier alpha value is -5.23. The minimum Gasteiger partial charge on any atom is -0.334 e. The van der Waals surface area contributed by atoms with Gasteiger partial charge in [0, 0.05) is 48.0 Å². The van der Waals surface area contributed by atoms with Crippen molar-refractivity contribution in [1.29, 1.82) is 0 Å². The number of nitrogens with zero attached hydrogens (tertiary/aromatic N) is 4. The van der Waals surface area contributed by atoms with E-state index in [1.807, 2.05) is 0 Å². The molecule has 0 saturated carbocycles. The molecule has 0 atom stereocenters. The van der Waals surface area contributed by atoms with E-state index < -0.39 is 73.8 Å². The first kappa shape index (κ1) is 34.1. The monoisotopic (exact) mass is 708 g/mol. The van der Waals surface area contributed by atoms with E-state index in [0.29, 0.717) is 15.9 Å². The lowest BCUT2D eigenvalue weighted by Gasteiger charge is -2.19. The molecule has 1 amide bonds. The van der Waals surface area contributed by atoms with Gasteiger partial charge in [-0.1, -0.05) is 6.07 Å². The topological polar surface area (TPSA) is 142 Å². The second kappa shape index (κ2) is 12.4. The Morgan fingerprint density at radius 2 is 1.54 bits per heavy atom. The number of nitro groups is 1. The highest BCUT2D eigenvalue weighted by molar-refractivity contribution is 7.90. The Morgan fingerprint density at radius 1 is 0.958 bits per heavy atom. The molecule has 2 heterocycles. The number of sulfone groups is 1. The number of rotatable bonds is 8. The number of hydrogen-bond donors (Lipinski definition) is 0. The first-order chi connectivity index (χ1) is 22.4. The van der Waals surface area contributed by atoms with Crippen LogP contribution in [0.4, 0.5) is 27.6 Å². The molecule has 0 radical (unpaired) electrons. The van der Waals surface area contributed by atoms with Crippen LogP contribution in [0.1, 0.15) is 11.1 Å². The van der Waals surface area contributed by atoms with Gasteiger partial charge < -0.3 is 4.90 Å². The Kier molecular flexibility index (Phi) is 8.83. The van der Waals surface area contributed by atoms with Crippen molar-refractivity contribution < 1.29 is 40.1 Å². The molecule has 3 aromatic carbocycles. The summed E-state index contributed by atoms with van der Waals surface area (Å²) < 4.78 is 95.5. The number of nitro benzene ring substituents is 1. The van der Waals surface area contributed by atoms with Gasteiger partial charge in [0.15, 0.2) is 9.84 Å². The van der Waals surface area contributed by atoms with Gasteiger partial charge in [0.2, 0.25) is 0 Å². The number of carbonyl (C=O) groups is 1. The maximum atomic E-state index is 14.9. The van der Waals surface area contributed by atoms with E-state index in [2.05, 4.69) is 0 Å². The molecular formula is C30H21F5N4O7S2. The molecule has 2 aromatic heterocycles. The summed E-state index contributed by atoms with van der Waals surface area (Å²) >= 11 is 0.684. The molecule has 0 saturated heterocycles. The van der Waals surface area contributed by atoms with Crippen LogP contribution in [0.25, 0.3) is 26.3 Å². The zero-order chi connectivity index (χ0) is 35.3. The van der Waals surface area contributed by atoms with Crippen molar-refractivity contribution in [2.24, 2.45) is 0 Å². The molecule has 5 rings (SSSR count). The van der Waals surface area contributed by atoms with Crippen LogP contribution in [0.2, 0.25) is 0 Å². The van der Waals surface area contributed by atoms with Crippen molar-refractivity contribution in [2.45, 2.75) is 24.2 Å². The molecule has 0 fully saturated rings. The highest BCUT2D eigenvalue weighted by Crippen LogP contribution is 2.39. The molecule has 18 heteroatoms. The van der Waals surface area contributed by atoms with Crippen molar-refractivity contribution in [3.8, 4) is 16.1 Å². The fourth-order valence-electron chi connectivity index (χ4n) is 4.96. The van der Waals surface area contributed by atoms with Crippen LogP contribution in [-0.2, 0) is 27.7 Å². The van der Waals surface area contributed by atoms with E-state index in [1.165, 1.54) is 12.1 Å². The number of non-ortho nitro benzene ring substituents is 1. The third-order valence-electron chi connectivity index (χ3n) is 7.30. The van der Waals surface area contributed by atoms with E-state index in [-0.39, 0.29) is 42.0 Å². The molecule has 0 unspecified atom stereocenters. The van der Waals surface area contributed by atoms with E-state index in [4.69, 9.17) is 0 Å². The summed E-state index contributed by atoms with van der Waals surface area (Å²) in [5.74, 6) is -4.36. The number of alkyl halides is 3. The summed E-state index contributed by atoms with van der Waals surface area (Å²) in [5, 5.41) is 10.9. The molecule has 250 valence electrons. The van der Waals surface area contributed by atoms with Gasteiger partial charge in [-0.3, -0.25) is 24.3 Å². The summed E-state index contributed by atoms with van der Waals surface area (Å²) in [6, 6.07) is 12.1.